The third-order valence-corrected chi connectivity index (χ3v) is 4.78. The van der Waals surface area contributed by atoms with E-state index in [1.165, 1.54) is 24.4 Å². The molecule has 148 valence electrons. The third-order valence-electron chi connectivity index (χ3n) is 4.78. The van der Waals surface area contributed by atoms with Gasteiger partial charge in [0.1, 0.15) is 5.69 Å². The molecule has 1 aromatic heterocycles. The first kappa shape index (κ1) is 19.5. The molecule has 1 aliphatic heterocycles. The van der Waals surface area contributed by atoms with E-state index in [-0.39, 0.29) is 46.7 Å². The Balaban J connectivity index is 1.85. The monoisotopic (exact) mass is 385 g/mol. The Kier molecular flexibility index (Phi) is 4.93. The number of carbonyl (C=O) groups is 2. The van der Waals surface area contributed by atoms with E-state index in [4.69, 9.17) is 0 Å². The summed E-state index contributed by atoms with van der Waals surface area (Å²) < 4.78 is 1.56. The van der Waals surface area contributed by atoms with Gasteiger partial charge in [-0.1, -0.05) is 0 Å². The lowest BCUT2D eigenvalue weighted by Gasteiger charge is -2.32. The van der Waals surface area contributed by atoms with Crippen molar-refractivity contribution in [2.24, 2.45) is 7.05 Å². The number of aryl methyl sites for hydroxylation is 1. The Morgan fingerprint density at radius 1 is 1.36 bits per heavy atom. The number of likely N-dealkylation sites (tertiary alicyclic amines) is 1. The molecule has 0 bridgehead atoms. The molecule has 0 spiro atoms. The topological polar surface area (TPSA) is 110 Å². The molecule has 0 radical (unpaired) electrons. The van der Waals surface area contributed by atoms with Gasteiger partial charge in [0.15, 0.2) is 5.82 Å². The summed E-state index contributed by atoms with van der Waals surface area (Å²) in [7, 11) is 1.68. The van der Waals surface area contributed by atoms with E-state index in [1.54, 1.807) is 22.7 Å². The summed E-state index contributed by atoms with van der Waals surface area (Å²) >= 11 is 0. The zero-order chi connectivity index (χ0) is 20.6. The molecule has 1 amide bonds. The molecule has 1 fully saturated rings. The number of hydrogen-bond acceptors (Lipinski definition) is 6. The number of amides is 1. The Hall–Kier alpha value is -3.23. The van der Waals surface area contributed by atoms with Crippen LogP contribution in [0.25, 0.3) is 0 Å². The summed E-state index contributed by atoms with van der Waals surface area (Å²) in [5.41, 5.74) is -0.0420. The van der Waals surface area contributed by atoms with Crippen LogP contribution in [0.5, 0.6) is 0 Å². The van der Waals surface area contributed by atoms with E-state index >= 15 is 0 Å². The Labute approximate surface area is 162 Å². The molecule has 9 nitrogen and oxygen atoms in total. The molecular formula is C19H23N5O4. The van der Waals surface area contributed by atoms with Gasteiger partial charge < -0.3 is 14.8 Å². The van der Waals surface area contributed by atoms with Gasteiger partial charge in [-0.05, 0) is 32.9 Å². The van der Waals surface area contributed by atoms with Gasteiger partial charge in [-0.2, -0.15) is 0 Å². The number of nitro benzene ring substituents is 1. The average Bonchev–Trinajstić information content (AvgIpc) is 3.19. The molecule has 9 heteroatoms. The number of benzene rings is 1. The Morgan fingerprint density at radius 2 is 2.07 bits per heavy atom. The molecule has 1 aliphatic rings. The van der Waals surface area contributed by atoms with Crippen molar-refractivity contribution in [3.05, 3.63) is 52.1 Å². The van der Waals surface area contributed by atoms with Gasteiger partial charge in [0.25, 0.3) is 5.69 Å². The Morgan fingerprint density at radius 3 is 2.61 bits per heavy atom. The smallest absolute Gasteiger partial charge is 0.293 e. The summed E-state index contributed by atoms with van der Waals surface area (Å²) in [6.45, 7) is 6.32. The lowest BCUT2D eigenvalue weighted by molar-refractivity contribution is -0.384. The maximum Gasteiger partial charge on any atom is 0.293 e. The largest absolute Gasteiger partial charge is 0.374 e. The number of aromatic nitrogens is 2. The second-order valence-corrected chi connectivity index (χ2v) is 7.90. The summed E-state index contributed by atoms with van der Waals surface area (Å²) in [6.07, 6.45) is 3.40. The van der Waals surface area contributed by atoms with E-state index in [2.05, 4.69) is 10.3 Å². The van der Waals surface area contributed by atoms with Crippen LogP contribution >= 0.6 is 0 Å². The quantitative estimate of drug-likeness (QED) is 0.481. The minimum atomic E-state index is -0.532. The van der Waals surface area contributed by atoms with Crippen molar-refractivity contribution in [2.45, 2.75) is 38.8 Å². The van der Waals surface area contributed by atoms with Crippen LogP contribution in [-0.4, -0.2) is 49.2 Å². The van der Waals surface area contributed by atoms with Crippen molar-refractivity contribution in [3.8, 4) is 0 Å². The van der Waals surface area contributed by atoms with Crippen molar-refractivity contribution in [1.29, 1.82) is 0 Å². The van der Waals surface area contributed by atoms with Crippen LogP contribution in [0.1, 0.15) is 43.4 Å². The van der Waals surface area contributed by atoms with Crippen LogP contribution in [0.15, 0.2) is 30.6 Å². The van der Waals surface area contributed by atoms with Crippen molar-refractivity contribution in [2.75, 3.05) is 11.9 Å². The first-order valence-corrected chi connectivity index (χ1v) is 8.95. The molecule has 1 unspecified atom stereocenters. The number of ketones is 1. The maximum atomic E-state index is 12.6. The summed E-state index contributed by atoms with van der Waals surface area (Å²) in [5.74, 6) is -0.177. The highest BCUT2D eigenvalue weighted by atomic mass is 16.6. The molecule has 1 saturated heterocycles. The van der Waals surface area contributed by atoms with Gasteiger partial charge in [0.05, 0.1) is 11.0 Å². The van der Waals surface area contributed by atoms with Crippen molar-refractivity contribution in [3.63, 3.8) is 0 Å². The highest BCUT2D eigenvalue weighted by Crippen LogP contribution is 2.30. The molecule has 2 heterocycles. The molecule has 2 aromatic rings. The van der Waals surface area contributed by atoms with Crippen molar-refractivity contribution in [1.82, 2.24) is 14.5 Å². The zero-order valence-corrected chi connectivity index (χ0v) is 16.3. The highest BCUT2D eigenvalue weighted by molar-refractivity contribution is 6.07. The van der Waals surface area contributed by atoms with Crippen LogP contribution in [-0.2, 0) is 11.8 Å². The first-order chi connectivity index (χ1) is 13.1. The van der Waals surface area contributed by atoms with Gasteiger partial charge in [0, 0.05) is 49.6 Å². The van der Waals surface area contributed by atoms with Gasteiger partial charge in [-0.15, -0.1) is 0 Å². The van der Waals surface area contributed by atoms with Crippen LogP contribution in [0.3, 0.4) is 0 Å². The molecular weight excluding hydrogens is 362 g/mol. The Bertz CT molecular complexity index is 944. The first-order valence-electron chi connectivity index (χ1n) is 8.95. The summed E-state index contributed by atoms with van der Waals surface area (Å²) in [5, 5.41) is 14.7. The number of rotatable bonds is 5. The minimum Gasteiger partial charge on any atom is -0.374 e. The second kappa shape index (κ2) is 7.06. The van der Waals surface area contributed by atoms with Gasteiger partial charge in [-0.25, -0.2) is 4.98 Å². The average molecular weight is 385 g/mol. The highest BCUT2D eigenvalue weighted by Gasteiger charge is 2.36. The number of nitrogens with one attached hydrogen (secondary N) is 1. The number of hydrogen-bond donors (Lipinski definition) is 1. The van der Waals surface area contributed by atoms with Gasteiger partial charge >= 0.3 is 0 Å². The lowest BCUT2D eigenvalue weighted by atomic mass is 10.1. The van der Waals surface area contributed by atoms with Crippen LogP contribution < -0.4 is 5.32 Å². The second-order valence-electron chi connectivity index (χ2n) is 7.90. The molecule has 28 heavy (non-hydrogen) atoms. The number of carbonyl (C=O) groups excluding carboxylic acids is 2. The third kappa shape index (κ3) is 3.73. The molecule has 1 atom stereocenters. The fraction of sp³-hybridized carbons (Fsp3) is 0.421. The van der Waals surface area contributed by atoms with Crippen molar-refractivity contribution < 1.29 is 14.5 Å². The summed E-state index contributed by atoms with van der Waals surface area (Å²) in [6, 6.07) is 4.06. The van der Waals surface area contributed by atoms with E-state index in [0.717, 1.165) is 0 Å². The van der Waals surface area contributed by atoms with E-state index < -0.39 is 10.7 Å². The standard InChI is InChI=1S/C19H23N5O4/c1-19(2,3)23-11-13(10-16(23)25)21-14-6-5-12(9-15(14)24(27)28)17(26)18-20-7-8-22(18)4/h5-9,13,21H,10-11H2,1-4H3. The van der Waals surface area contributed by atoms with Gasteiger partial charge in [0.2, 0.25) is 11.7 Å². The predicted molar refractivity (Wildman–Crippen MR) is 103 cm³/mol. The fourth-order valence-corrected chi connectivity index (χ4v) is 3.33. The number of imidazole rings is 1. The molecule has 3 rings (SSSR count). The van der Waals surface area contributed by atoms with E-state index in [9.17, 15) is 19.7 Å². The molecule has 1 aromatic carbocycles. The van der Waals surface area contributed by atoms with E-state index in [0.29, 0.717) is 6.54 Å². The normalized spacial score (nSPS) is 17.1. The van der Waals surface area contributed by atoms with E-state index in [1.807, 2.05) is 20.8 Å². The molecule has 0 saturated carbocycles. The molecule has 0 aliphatic carbocycles. The number of nitro groups is 1. The predicted octanol–water partition coefficient (Wildman–Crippen LogP) is 2.37. The van der Waals surface area contributed by atoms with Crippen LogP contribution in [0.2, 0.25) is 0 Å². The fourth-order valence-electron chi connectivity index (χ4n) is 3.33. The molecule has 1 N–H and O–H groups in total. The zero-order valence-electron chi connectivity index (χ0n) is 16.3. The number of nitrogens with zero attached hydrogens (tertiary/aromatic N) is 4. The van der Waals surface area contributed by atoms with Crippen molar-refractivity contribution >= 4 is 23.1 Å². The maximum absolute atomic E-state index is 12.6. The van der Waals surface area contributed by atoms with Gasteiger partial charge in [-0.3, -0.25) is 19.7 Å². The minimum absolute atomic E-state index is 0.00855. The SMILES string of the molecule is Cn1ccnc1C(=O)c1ccc(NC2CC(=O)N(C(C)(C)C)C2)c([N+](=O)[O-])c1. The van der Waals surface area contributed by atoms with Crippen LogP contribution in [0.4, 0.5) is 11.4 Å². The summed E-state index contributed by atoms with van der Waals surface area (Å²) in [4.78, 5) is 41.6. The number of anilines is 1. The lowest BCUT2D eigenvalue weighted by Crippen LogP contribution is -2.43. The van der Waals surface area contributed by atoms with Crippen LogP contribution in [0, 0.1) is 10.1 Å².